The van der Waals surface area contributed by atoms with Crippen molar-refractivity contribution in [2.75, 3.05) is 7.11 Å². The highest BCUT2D eigenvalue weighted by molar-refractivity contribution is 6.11. The molecule has 300 valence electrons. The Balaban J connectivity index is 1.11. The highest BCUT2D eigenvalue weighted by Gasteiger charge is 2.20. The van der Waals surface area contributed by atoms with Crippen LogP contribution in [0.2, 0.25) is 0 Å². The molecular weight excluding hydrogens is 737 g/mol. The number of hydrogen-bond acceptors (Lipinski definition) is 7. The number of methoxy groups -OCH3 is 1. The van der Waals surface area contributed by atoms with E-state index in [2.05, 4.69) is 24.3 Å². The number of Topliss-reactive ketones (excluding diaryl/α,β-unsaturated/α-hetero) is 1. The number of esters is 2. The molecule has 0 unspecified atom stereocenters. The van der Waals surface area contributed by atoms with Crippen LogP contribution in [0.25, 0.3) is 0 Å². The molecule has 0 fully saturated rings. The molecule has 0 saturated carbocycles. The number of ketones is 2. The fourth-order valence-corrected chi connectivity index (χ4v) is 8.13. The van der Waals surface area contributed by atoms with Gasteiger partial charge in [-0.2, -0.15) is 0 Å². The number of rotatable bonds is 12. The lowest BCUT2D eigenvalue weighted by molar-refractivity contribution is 0.0723. The zero-order valence-electron chi connectivity index (χ0n) is 35.5. The quantitative estimate of drug-likeness (QED) is 0.0692. The van der Waals surface area contributed by atoms with Gasteiger partial charge in [-0.25, -0.2) is 9.59 Å². The van der Waals surface area contributed by atoms with Gasteiger partial charge in [0.1, 0.15) is 17.2 Å². The lowest BCUT2D eigenvalue weighted by Crippen LogP contribution is -2.12. The first kappa shape index (κ1) is 42.0. The Hall–Kier alpha value is -6.60. The van der Waals surface area contributed by atoms with Crippen LogP contribution in [0.4, 0.5) is 0 Å². The molecule has 0 heterocycles. The molecule has 59 heavy (non-hydrogen) atoms. The Labute approximate surface area is 347 Å². The van der Waals surface area contributed by atoms with Gasteiger partial charge in [-0.3, -0.25) is 9.59 Å². The first-order valence-electron chi connectivity index (χ1n) is 19.7. The highest BCUT2D eigenvalue weighted by atomic mass is 16.5. The minimum atomic E-state index is -0.522. The van der Waals surface area contributed by atoms with Gasteiger partial charge >= 0.3 is 11.9 Å². The van der Waals surface area contributed by atoms with Crippen LogP contribution < -0.4 is 14.2 Å². The minimum absolute atomic E-state index is 0.122. The molecule has 7 heteroatoms. The summed E-state index contributed by atoms with van der Waals surface area (Å²) in [4.78, 5) is 51.9. The zero-order valence-corrected chi connectivity index (χ0v) is 35.5. The molecule has 0 radical (unpaired) electrons. The normalized spacial score (nSPS) is 10.9. The van der Waals surface area contributed by atoms with Gasteiger partial charge in [-0.05, 0) is 166 Å². The molecule has 0 saturated heterocycles. The number of benzene rings is 6. The summed E-state index contributed by atoms with van der Waals surface area (Å²) in [5.41, 5.74) is 13.9. The van der Waals surface area contributed by atoms with Gasteiger partial charge in [0.2, 0.25) is 0 Å². The molecule has 0 spiro atoms. The van der Waals surface area contributed by atoms with Crippen LogP contribution in [-0.4, -0.2) is 30.6 Å². The monoisotopic (exact) mass is 786 g/mol. The van der Waals surface area contributed by atoms with E-state index in [0.29, 0.717) is 45.7 Å². The van der Waals surface area contributed by atoms with Crippen molar-refractivity contribution in [1.29, 1.82) is 0 Å². The Bertz CT molecular complexity index is 2550. The molecule has 0 aliphatic carbocycles. The second-order valence-electron chi connectivity index (χ2n) is 15.7. The SMILES string of the molecule is COc1c(C)cc(Cc2cc(C)c(OC(=O)c3ccc(C(=O)c4c(C)cc(Cc5cc(C)c(OC(=O)c6cccc(C(C)=O)c6)c(C)c5)cc4C)cc3)c(C)c2)cc1C. The maximum absolute atomic E-state index is 13.8. The molecule has 6 aromatic rings. The summed E-state index contributed by atoms with van der Waals surface area (Å²) in [6, 6.07) is 29.6. The summed E-state index contributed by atoms with van der Waals surface area (Å²) in [6.45, 7) is 17.1. The van der Waals surface area contributed by atoms with Crippen LogP contribution in [0.3, 0.4) is 0 Å². The van der Waals surface area contributed by atoms with Crippen molar-refractivity contribution in [2.45, 2.75) is 75.2 Å². The van der Waals surface area contributed by atoms with Gasteiger partial charge in [0.25, 0.3) is 0 Å². The summed E-state index contributed by atoms with van der Waals surface area (Å²) >= 11 is 0. The predicted octanol–water partition coefficient (Wildman–Crippen LogP) is 11.2. The van der Waals surface area contributed by atoms with Crippen LogP contribution in [0.1, 0.15) is 121 Å². The third-order valence-corrected chi connectivity index (χ3v) is 10.7. The molecule has 7 nitrogen and oxygen atoms in total. The largest absolute Gasteiger partial charge is 0.496 e. The van der Waals surface area contributed by atoms with E-state index >= 15 is 0 Å². The van der Waals surface area contributed by atoms with Crippen molar-refractivity contribution in [3.8, 4) is 17.2 Å². The Kier molecular flexibility index (Phi) is 12.5. The summed E-state index contributed by atoms with van der Waals surface area (Å²) < 4.78 is 17.2. The van der Waals surface area contributed by atoms with Gasteiger partial charge in [-0.1, -0.05) is 72.8 Å². The summed E-state index contributed by atoms with van der Waals surface area (Å²) in [5, 5.41) is 0. The Morgan fingerprint density at radius 2 is 0.780 bits per heavy atom. The lowest BCUT2D eigenvalue weighted by Gasteiger charge is -2.15. The number of aryl methyl sites for hydroxylation is 8. The van der Waals surface area contributed by atoms with Gasteiger partial charge in [0.15, 0.2) is 11.6 Å². The number of hydrogen-bond donors (Lipinski definition) is 0. The fourth-order valence-electron chi connectivity index (χ4n) is 8.13. The second kappa shape index (κ2) is 17.5. The first-order valence-corrected chi connectivity index (χ1v) is 19.7. The smallest absolute Gasteiger partial charge is 0.343 e. The Morgan fingerprint density at radius 3 is 1.19 bits per heavy atom. The van der Waals surface area contributed by atoms with Crippen LogP contribution in [0, 0.1) is 55.4 Å². The molecular formula is C52H50O7. The topological polar surface area (TPSA) is 96.0 Å². The van der Waals surface area contributed by atoms with E-state index in [1.165, 1.54) is 12.5 Å². The third kappa shape index (κ3) is 9.42. The summed E-state index contributed by atoms with van der Waals surface area (Å²) in [6.07, 6.45) is 1.36. The van der Waals surface area contributed by atoms with Crippen molar-refractivity contribution in [2.24, 2.45) is 0 Å². The lowest BCUT2D eigenvalue weighted by atomic mass is 9.90. The summed E-state index contributed by atoms with van der Waals surface area (Å²) in [5.74, 6) is 0.673. The van der Waals surface area contributed by atoms with Gasteiger partial charge in [0, 0.05) is 16.7 Å². The molecule has 0 aliphatic rings. The fraction of sp³-hybridized carbons (Fsp3) is 0.231. The summed E-state index contributed by atoms with van der Waals surface area (Å²) in [7, 11) is 1.69. The van der Waals surface area contributed by atoms with Crippen LogP contribution in [0.15, 0.2) is 97.1 Å². The molecule has 0 aromatic heterocycles. The maximum atomic E-state index is 13.8. The van der Waals surface area contributed by atoms with E-state index in [4.69, 9.17) is 14.2 Å². The number of carbonyl (C=O) groups is 4. The van der Waals surface area contributed by atoms with Crippen molar-refractivity contribution in [1.82, 2.24) is 0 Å². The van der Waals surface area contributed by atoms with E-state index in [-0.39, 0.29) is 11.6 Å². The molecule has 0 atom stereocenters. The van der Waals surface area contributed by atoms with Crippen LogP contribution >= 0.6 is 0 Å². The molecule has 0 aliphatic heterocycles. The molecule has 6 rings (SSSR count). The number of ether oxygens (including phenoxy) is 3. The Morgan fingerprint density at radius 1 is 0.424 bits per heavy atom. The van der Waals surface area contributed by atoms with Gasteiger partial charge in [-0.15, -0.1) is 0 Å². The van der Waals surface area contributed by atoms with E-state index in [1.54, 1.807) is 55.6 Å². The first-order chi connectivity index (χ1) is 28.0. The molecule has 0 bridgehead atoms. The van der Waals surface area contributed by atoms with E-state index < -0.39 is 11.9 Å². The second-order valence-corrected chi connectivity index (χ2v) is 15.7. The van der Waals surface area contributed by atoms with Gasteiger partial charge < -0.3 is 14.2 Å². The van der Waals surface area contributed by atoms with E-state index in [0.717, 1.165) is 73.4 Å². The standard InChI is InChI=1S/C52H50O7/c1-29-18-38(26-40-24-35(7)50(36(8)25-40)59-52(56)45-13-11-12-44(28-45)37(9)53)19-30(2)46(29)47(54)42-14-16-43(17-15-42)51(55)58-49-33(5)22-41(23-34(49)6)27-39-20-31(3)48(57-10)32(4)21-39/h11-25,28H,26-27H2,1-10H3. The van der Waals surface area contributed by atoms with Crippen LogP contribution in [0.5, 0.6) is 17.2 Å². The average Bonchev–Trinajstić information content (AvgIpc) is 3.17. The predicted molar refractivity (Wildman–Crippen MR) is 232 cm³/mol. The third-order valence-electron chi connectivity index (χ3n) is 10.7. The highest BCUT2D eigenvalue weighted by Crippen LogP contribution is 2.31. The van der Waals surface area contributed by atoms with E-state index in [1.807, 2.05) is 79.7 Å². The average molecular weight is 787 g/mol. The van der Waals surface area contributed by atoms with Crippen LogP contribution in [-0.2, 0) is 12.8 Å². The number of carbonyl (C=O) groups excluding carboxylic acids is 4. The van der Waals surface area contributed by atoms with Crippen molar-refractivity contribution < 1.29 is 33.4 Å². The van der Waals surface area contributed by atoms with Crippen molar-refractivity contribution >= 4 is 23.5 Å². The van der Waals surface area contributed by atoms with Gasteiger partial charge in [0.05, 0.1) is 18.2 Å². The van der Waals surface area contributed by atoms with Crippen molar-refractivity contribution in [3.63, 3.8) is 0 Å². The molecule has 6 aromatic carbocycles. The molecule has 0 amide bonds. The molecule has 0 N–H and O–H groups in total. The zero-order chi connectivity index (χ0) is 42.7. The maximum Gasteiger partial charge on any atom is 0.343 e. The van der Waals surface area contributed by atoms with E-state index in [9.17, 15) is 19.2 Å². The minimum Gasteiger partial charge on any atom is -0.496 e. The van der Waals surface area contributed by atoms with Crippen molar-refractivity contribution in [3.05, 3.63) is 192 Å².